The number of nitrogens with two attached hydrogens (primary N) is 2. The molecule has 6 N–H and O–H groups in total. The van der Waals surface area contributed by atoms with Gasteiger partial charge in [-0.25, -0.2) is 8.78 Å². The monoisotopic (exact) mass is 246 g/mol. The van der Waals surface area contributed by atoms with Gasteiger partial charge in [-0.05, 0) is 6.07 Å². The van der Waals surface area contributed by atoms with Gasteiger partial charge < -0.3 is 21.8 Å². The lowest BCUT2D eigenvalue weighted by Crippen LogP contribution is -2.41. The van der Waals surface area contributed by atoms with Crippen molar-refractivity contribution >= 4 is 11.8 Å². The Morgan fingerprint density at radius 1 is 1.47 bits per heavy atom. The third-order valence-electron chi connectivity index (χ3n) is 2.02. The molecule has 0 aliphatic carbocycles. The third-order valence-corrected chi connectivity index (χ3v) is 2.02. The van der Waals surface area contributed by atoms with Gasteiger partial charge in [-0.2, -0.15) is 0 Å². The fourth-order valence-corrected chi connectivity index (χ4v) is 1.04. The van der Waals surface area contributed by atoms with Crippen molar-refractivity contribution in [2.45, 2.75) is 5.92 Å². The zero-order chi connectivity index (χ0) is 13.1. The van der Waals surface area contributed by atoms with Crippen LogP contribution >= 0.6 is 0 Å². The van der Waals surface area contributed by atoms with E-state index in [0.29, 0.717) is 0 Å². The second kappa shape index (κ2) is 4.91. The molecular weight excluding hydrogens is 234 g/mol. The molecule has 17 heavy (non-hydrogen) atoms. The van der Waals surface area contributed by atoms with Crippen molar-refractivity contribution in [2.24, 2.45) is 11.5 Å². The average molecular weight is 246 g/mol. The maximum atomic E-state index is 12.7. The molecule has 1 aromatic heterocycles. The Hall–Kier alpha value is -1.96. The van der Waals surface area contributed by atoms with E-state index in [2.05, 4.69) is 4.98 Å². The number of carbonyl (C=O) groups is 2. The predicted molar refractivity (Wildman–Crippen MR) is 55.6 cm³/mol. The smallest absolute Gasteiger partial charge is 0.277 e. The van der Waals surface area contributed by atoms with Crippen molar-refractivity contribution in [2.75, 3.05) is 13.1 Å². The van der Waals surface area contributed by atoms with Crippen LogP contribution in [0.3, 0.4) is 0 Å². The average Bonchev–Trinajstić information content (AvgIpc) is 2.75. The van der Waals surface area contributed by atoms with E-state index >= 15 is 0 Å². The number of carbonyl (C=O) groups excluding carboxylic acids is 2. The molecule has 0 aliphatic rings. The number of rotatable bonds is 5. The Balaban J connectivity index is 2.61. The van der Waals surface area contributed by atoms with Crippen LogP contribution in [-0.2, 0) is 0 Å². The molecule has 0 radical (unpaired) electrons. The number of primary amides is 1. The Bertz CT molecular complexity index is 430. The van der Waals surface area contributed by atoms with Gasteiger partial charge in [0.15, 0.2) is 0 Å². The summed E-state index contributed by atoms with van der Waals surface area (Å²) in [6.07, 6.45) is 1.22. The van der Waals surface area contributed by atoms with Crippen molar-refractivity contribution in [1.29, 1.82) is 0 Å². The number of nitrogens with one attached hydrogen (secondary N) is 2. The zero-order valence-corrected chi connectivity index (χ0v) is 8.80. The van der Waals surface area contributed by atoms with Crippen LogP contribution in [0.2, 0.25) is 0 Å². The molecule has 0 saturated carbocycles. The largest absolute Gasteiger partial charge is 0.366 e. The number of hydrogen-bond acceptors (Lipinski definition) is 3. The minimum Gasteiger partial charge on any atom is -0.366 e. The summed E-state index contributed by atoms with van der Waals surface area (Å²) in [5.41, 5.74) is 9.85. The molecule has 1 rings (SSSR count). The van der Waals surface area contributed by atoms with E-state index in [9.17, 15) is 18.4 Å². The van der Waals surface area contributed by atoms with Gasteiger partial charge in [-0.15, -0.1) is 0 Å². The second-order valence-corrected chi connectivity index (χ2v) is 3.41. The molecule has 94 valence electrons. The van der Waals surface area contributed by atoms with Crippen molar-refractivity contribution in [3.63, 3.8) is 0 Å². The molecule has 1 aromatic rings. The summed E-state index contributed by atoms with van der Waals surface area (Å²) in [5.74, 6) is -4.63. The summed E-state index contributed by atoms with van der Waals surface area (Å²) >= 11 is 0. The molecule has 0 aliphatic heterocycles. The first-order valence-corrected chi connectivity index (χ1v) is 4.70. The number of halogens is 2. The minimum absolute atomic E-state index is 0.0216. The molecule has 6 nitrogen and oxygen atoms in total. The molecule has 0 aromatic carbocycles. The quantitative estimate of drug-likeness (QED) is 0.558. The summed E-state index contributed by atoms with van der Waals surface area (Å²) in [4.78, 5) is 24.6. The maximum Gasteiger partial charge on any atom is 0.277 e. The van der Waals surface area contributed by atoms with Crippen LogP contribution in [0, 0.1) is 0 Å². The number of alkyl halides is 2. The summed E-state index contributed by atoms with van der Waals surface area (Å²) in [7, 11) is 0. The highest BCUT2D eigenvalue weighted by molar-refractivity contribution is 5.98. The lowest BCUT2D eigenvalue weighted by molar-refractivity contribution is 0.0118. The predicted octanol–water partition coefficient (Wildman–Crippen LogP) is -0.563. The first-order valence-electron chi connectivity index (χ1n) is 4.70. The van der Waals surface area contributed by atoms with E-state index < -0.39 is 30.8 Å². The van der Waals surface area contributed by atoms with Crippen molar-refractivity contribution in [3.8, 4) is 0 Å². The van der Waals surface area contributed by atoms with Crippen LogP contribution < -0.4 is 16.8 Å². The standard InChI is InChI=1S/C9H12F2N4O2/c10-9(11,3-12)4-15-8(17)6-1-5(2-14-6)7(13)16/h1-2,14H,3-4,12H2,(H2,13,16)(H,15,17). The van der Waals surface area contributed by atoms with Gasteiger partial charge in [0.05, 0.1) is 18.7 Å². The van der Waals surface area contributed by atoms with E-state index in [-0.39, 0.29) is 11.3 Å². The van der Waals surface area contributed by atoms with Gasteiger partial charge in [0.2, 0.25) is 5.91 Å². The van der Waals surface area contributed by atoms with E-state index in [4.69, 9.17) is 11.5 Å². The summed E-state index contributed by atoms with van der Waals surface area (Å²) in [5, 5.41) is 1.99. The SMILES string of the molecule is NCC(F)(F)CNC(=O)c1cc(C(N)=O)c[nH]1. The highest BCUT2D eigenvalue weighted by Crippen LogP contribution is 2.09. The molecule has 2 amide bonds. The first kappa shape index (κ1) is 13.1. The molecule has 0 bridgehead atoms. The van der Waals surface area contributed by atoms with Crippen molar-refractivity contribution < 1.29 is 18.4 Å². The first-order chi connectivity index (χ1) is 7.85. The summed E-state index contributed by atoms with van der Waals surface area (Å²) < 4.78 is 25.5. The van der Waals surface area contributed by atoms with Crippen LogP contribution in [0.4, 0.5) is 8.78 Å². The summed E-state index contributed by atoms with van der Waals surface area (Å²) in [6.45, 7) is -1.72. The van der Waals surface area contributed by atoms with Crippen LogP contribution in [-0.4, -0.2) is 35.8 Å². The molecule has 0 unspecified atom stereocenters. The van der Waals surface area contributed by atoms with Crippen LogP contribution in [0.1, 0.15) is 20.8 Å². The number of hydrogen-bond donors (Lipinski definition) is 4. The van der Waals surface area contributed by atoms with Gasteiger partial charge >= 0.3 is 0 Å². The fourth-order valence-electron chi connectivity index (χ4n) is 1.04. The van der Waals surface area contributed by atoms with E-state index in [1.807, 2.05) is 5.32 Å². The lowest BCUT2D eigenvalue weighted by atomic mass is 10.3. The fraction of sp³-hybridized carbons (Fsp3) is 0.333. The molecule has 1 heterocycles. The molecular formula is C9H12F2N4O2. The van der Waals surface area contributed by atoms with E-state index in [1.165, 1.54) is 12.3 Å². The molecule has 0 atom stereocenters. The topological polar surface area (TPSA) is 114 Å². The second-order valence-electron chi connectivity index (χ2n) is 3.41. The normalized spacial score (nSPS) is 11.2. The molecule has 0 fully saturated rings. The molecule has 0 spiro atoms. The molecule has 0 saturated heterocycles. The third kappa shape index (κ3) is 3.52. The number of aromatic amines is 1. The Morgan fingerprint density at radius 2 is 2.12 bits per heavy atom. The minimum atomic E-state index is -3.16. The van der Waals surface area contributed by atoms with E-state index in [0.717, 1.165) is 0 Å². The Labute approximate surface area is 95.3 Å². The Kier molecular flexibility index (Phi) is 3.79. The van der Waals surface area contributed by atoms with Gasteiger partial charge in [0, 0.05) is 6.20 Å². The van der Waals surface area contributed by atoms with Crippen LogP contribution in [0.25, 0.3) is 0 Å². The maximum absolute atomic E-state index is 12.7. The zero-order valence-electron chi connectivity index (χ0n) is 8.80. The van der Waals surface area contributed by atoms with Crippen molar-refractivity contribution in [3.05, 3.63) is 23.5 Å². The van der Waals surface area contributed by atoms with Gasteiger partial charge in [-0.1, -0.05) is 0 Å². The van der Waals surface area contributed by atoms with Crippen molar-refractivity contribution in [1.82, 2.24) is 10.3 Å². The summed E-state index contributed by atoms with van der Waals surface area (Å²) in [6, 6.07) is 1.18. The van der Waals surface area contributed by atoms with Crippen LogP contribution in [0.15, 0.2) is 12.3 Å². The van der Waals surface area contributed by atoms with Crippen LogP contribution in [0.5, 0.6) is 0 Å². The number of amides is 2. The lowest BCUT2D eigenvalue weighted by Gasteiger charge is -2.13. The number of aromatic nitrogens is 1. The number of H-pyrrole nitrogens is 1. The van der Waals surface area contributed by atoms with Gasteiger partial charge in [0.1, 0.15) is 5.69 Å². The van der Waals surface area contributed by atoms with Gasteiger partial charge in [0.25, 0.3) is 11.8 Å². The molecule has 8 heteroatoms. The van der Waals surface area contributed by atoms with Gasteiger partial charge in [-0.3, -0.25) is 9.59 Å². The van der Waals surface area contributed by atoms with E-state index in [1.54, 1.807) is 0 Å². The Morgan fingerprint density at radius 3 is 2.59 bits per heavy atom. The highest BCUT2D eigenvalue weighted by Gasteiger charge is 2.27. The highest BCUT2D eigenvalue weighted by atomic mass is 19.3.